The molecule has 0 saturated carbocycles. The Morgan fingerprint density at radius 2 is 1.90 bits per heavy atom. The van der Waals surface area contributed by atoms with Gasteiger partial charge in [-0.1, -0.05) is 19.1 Å². The number of anilines is 1. The Balaban J connectivity index is 1.73. The van der Waals surface area contributed by atoms with Crippen molar-refractivity contribution in [3.8, 4) is 0 Å². The van der Waals surface area contributed by atoms with Gasteiger partial charge >= 0.3 is 0 Å². The first kappa shape index (κ1) is 24.0. The first-order valence-corrected chi connectivity index (χ1v) is 13.1. The number of carbonyl (C=O) groups is 1. The molecule has 2 aliphatic heterocycles. The lowest BCUT2D eigenvalue weighted by atomic mass is 9.97. The zero-order chi connectivity index (χ0) is 22.4. The van der Waals surface area contributed by atoms with Gasteiger partial charge < -0.3 is 14.5 Å². The summed E-state index contributed by atoms with van der Waals surface area (Å²) in [5, 5.41) is 0. The number of ether oxygens (including phenoxy) is 1. The Kier molecular flexibility index (Phi) is 8.36. The summed E-state index contributed by atoms with van der Waals surface area (Å²) >= 11 is 0. The van der Waals surface area contributed by atoms with Gasteiger partial charge in [0.15, 0.2) is 0 Å². The van der Waals surface area contributed by atoms with Gasteiger partial charge in [-0.25, -0.2) is 12.7 Å². The van der Waals surface area contributed by atoms with Crippen LogP contribution in [0.2, 0.25) is 0 Å². The first-order chi connectivity index (χ1) is 14.8. The maximum Gasteiger partial charge on any atom is 0.227 e. The molecular formula is C23H37N3O4S. The zero-order valence-electron chi connectivity index (χ0n) is 19.1. The van der Waals surface area contributed by atoms with Gasteiger partial charge in [0.1, 0.15) is 0 Å². The van der Waals surface area contributed by atoms with E-state index in [0.717, 1.165) is 43.5 Å². The molecule has 0 radical (unpaired) electrons. The minimum absolute atomic E-state index is 0.0450. The van der Waals surface area contributed by atoms with Crippen LogP contribution in [0.3, 0.4) is 0 Å². The summed E-state index contributed by atoms with van der Waals surface area (Å²) in [5.74, 6) is -0.0995. The van der Waals surface area contributed by atoms with Crippen LogP contribution in [0.1, 0.15) is 44.6 Å². The molecule has 0 spiro atoms. The monoisotopic (exact) mass is 451 g/mol. The number of hydrogen-bond donors (Lipinski definition) is 0. The molecule has 0 N–H and O–H groups in total. The number of benzene rings is 1. The van der Waals surface area contributed by atoms with Gasteiger partial charge in [-0.3, -0.25) is 4.79 Å². The quantitative estimate of drug-likeness (QED) is 0.577. The van der Waals surface area contributed by atoms with Crippen LogP contribution >= 0.6 is 0 Å². The van der Waals surface area contributed by atoms with Crippen LogP contribution in [0.4, 0.5) is 5.69 Å². The summed E-state index contributed by atoms with van der Waals surface area (Å²) in [4.78, 5) is 17.5. The number of rotatable bonds is 9. The lowest BCUT2D eigenvalue weighted by Crippen LogP contribution is -2.48. The van der Waals surface area contributed by atoms with E-state index in [-0.39, 0.29) is 23.7 Å². The molecule has 2 unspecified atom stereocenters. The normalized spacial score (nSPS) is 22.4. The molecule has 0 aromatic heterocycles. The molecular weight excluding hydrogens is 414 g/mol. The van der Waals surface area contributed by atoms with Crippen molar-refractivity contribution in [3.05, 3.63) is 29.8 Å². The maximum absolute atomic E-state index is 13.5. The Morgan fingerprint density at radius 1 is 1.16 bits per heavy atom. The predicted molar refractivity (Wildman–Crippen MR) is 124 cm³/mol. The van der Waals surface area contributed by atoms with Crippen LogP contribution in [-0.4, -0.2) is 75.7 Å². The first-order valence-electron chi connectivity index (χ1n) is 11.4. The van der Waals surface area contributed by atoms with Crippen LogP contribution in [-0.2, 0) is 26.1 Å². The summed E-state index contributed by atoms with van der Waals surface area (Å²) in [6.07, 6.45) is 4.10. The second-order valence-electron chi connectivity index (χ2n) is 8.93. The molecule has 1 amide bonds. The summed E-state index contributed by atoms with van der Waals surface area (Å²) in [7, 11) is 0.721. The van der Waals surface area contributed by atoms with Crippen molar-refractivity contribution < 1.29 is 17.9 Å². The molecule has 0 aliphatic carbocycles. The predicted octanol–water partition coefficient (Wildman–Crippen LogP) is 2.71. The van der Waals surface area contributed by atoms with E-state index in [1.165, 1.54) is 4.31 Å². The van der Waals surface area contributed by atoms with E-state index < -0.39 is 10.0 Å². The fourth-order valence-electron chi connectivity index (χ4n) is 4.43. The minimum atomic E-state index is -3.29. The molecule has 2 atom stereocenters. The maximum atomic E-state index is 13.5. The van der Waals surface area contributed by atoms with Gasteiger partial charge in [0.05, 0.1) is 17.8 Å². The minimum Gasteiger partial charge on any atom is -0.378 e. The van der Waals surface area contributed by atoms with Crippen LogP contribution in [0, 0.1) is 5.92 Å². The van der Waals surface area contributed by atoms with E-state index in [4.69, 9.17) is 4.74 Å². The highest BCUT2D eigenvalue weighted by molar-refractivity contribution is 7.89. The fraction of sp³-hybridized carbons (Fsp3) is 0.696. The molecule has 2 heterocycles. The smallest absolute Gasteiger partial charge is 0.227 e. The molecule has 174 valence electrons. The highest BCUT2D eigenvalue weighted by atomic mass is 32.2. The van der Waals surface area contributed by atoms with Gasteiger partial charge in [0.25, 0.3) is 0 Å². The van der Waals surface area contributed by atoms with E-state index in [9.17, 15) is 13.2 Å². The Bertz CT molecular complexity index is 820. The molecule has 3 rings (SSSR count). The average molecular weight is 452 g/mol. The van der Waals surface area contributed by atoms with Gasteiger partial charge in [0, 0.05) is 52.6 Å². The highest BCUT2D eigenvalue weighted by Gasteiger charge is 2.35. The van der Waals surface area contributed by atoms with Crippen molar-refractivity contribution in [2.24, 2.45) is 5.92 Å². The molecule has 8 heteroatoms. The highest BCUT2D eigenvalue weighted by Crippen LogP contribution is 2.24. The van der Waals surface area contributed by atoms with E-state index in [2.05, 4.69) is 24.3 Å². The number of hydrogen-bond acceptors (Lipinski definition) is 5. The molecule has 2 aliphatic rings. The Labute approximate surface area is 187 Å². The van der Waals surface area contributed by atoms with Crippen molar-refractivity contribution in [2.75, 3.05) is 51.0 Å². The van der Waals surface area contributed by atoms with E-state index in [1.54, 1.807) is 0 Å². The largest absolute Gasteiger partial charge is 0.378 e. The van der Waals surface area contributed by atoms with Gasteiger partial charge in [-0.2, -0.15) is 0 Å². The lowest BCUT2D eigenvalue weighted by molar-refractivity contribution is -0.139. The van der Waals surface area contributed by atoms with Crippen molar-refractivity contribution in [1.82, 2.24) is 9.21 Å². The molecule has 7 nitrogen and oxygen atoms in total. The van der Waals surface area contributed by atoms with Crippen LogP contribution < -0.4 is 4.90 Å². The second-order valence-corrected chi connectivity index (χ2v) is 11.0. The standard InChI is InChI=1S/C23H37N3O4S/c1-4-15-31(28,29)26-13-5-7-20(17-26)23(27)25(18-22-8-6-14-30-22)16-19-9-11-21(12-10-19)24(2)3/h9-12,20,22H,4-8,13-18H2,1-3H3. The number of carbonyl (C=O) groups excluding carboxylic acids is 1. The number of piperidine rings is 1. The van der Waals surface area contributed by atoms with Crippen LogP contribution in [0.5, 0.6) is 0 Å². The number of amides is 1. The molecule has 1 aromatic carbocycles. The van der Waals surface area contributed by atoms with E-state index in [1.807, 2.05) is 30.8 Å². The fourth-order valence-corrected chi connectivity index (χ4v) is 6.02. The second kappa shape index (κ2) is 10.8. The van der Waals surface area contributed by atoms with Gasteiger partial charge in [-0.15, -0.1) is 0 Å². The molecule has 0 bridgehead atoms. The van der Waals surface area contributed by atoms with Crippen molar-refractivity contribution >= 4 is 21.6 Å². The summed E-state index contributed by atoms with van der Waals surface area (Å²) in [5.41, 5.74) is 2.19. The van der Waals surface area contributed by atoms with Crippen molar-refractivity contribution in [1.29, 1.82) is 0 Å². The SMILES string of the molecule is CCCS(=O)(=O)N1CCCC(C(=O)N(Cc2ccc(N(C)C)cc2)CC2CCCO2)C1. The Morgan fingerprint density at radius 3 is 2.52 bits per heavy atom. The summed E-state index contributed by atoms with van der Waals surface area (Å²) < 4.78 is 32.5. The van der Waals surface area contributed by atoms with E-state index in [0.29, 0.717) is 32.6 Å². The lowest BCUT2D eigenvalue weighted by Gasteiger charge is -2.35. The zero-order valence-corrected chi connectivity index (χ0v) is 19.9. The van der Waals surface area contributed by atoms with Crippen LogP contribution in [0.15, 0.2) is 24.3 Å². The topological polar surface area (TPSA) is 70.2 Å². The Hall–Kier alpha value is -1.64. The van der Waals surface area contributed by atoms with Gasteiger partial charge in [-0.05, 0) is 49.8 Å². The van der Waals surface area contributed by atoms with E-state index >= 15 is 0 Å². The summed E-state index contributed by atoms with van der Waals surface area (Å²) in [6, 6.07) is 8.24. The van der Waals surface area contributed by atoms with Crippen LogP contribution in [0.25, 0.3) is 0 Å². The third kappa shape index (κ3) is 6.43. The molecule has 2 fully saturated rings. The van der Waals surface area contributed by atoms with Gasteiger partial charge in [0.2, 0.25) is 15.9 Å². The van der Waals surface area contributed by atoms with Crippen molar-refractivity contribution in [2.45, 2.75) is 51.7 Å². The summed E-state index contributed by atoms with van der Waals surface area (Å²) in [6.45, 7) is 4.51. The third-order valence-corrected chi connectivity index (χ3v) is 8.22. The molecule has 1 aromatic rings. The average Bonchev–Trinajstić information content (AvgIpc) is 3.26. The molecule has 2 saturated heterocycles. The third-order valence-electron chi connectivity index (χ3n) is 6.17. The number of nitrogens with zero attached hydrogens (tertiary/aromatic N) is 3. The number of sulfonamides is 1. The molecule has 31 heavy (non-hydrogen) atoms. The van der Waals surface area contributed by atoms with Crippen molar-refractivity contribution in [3.63, 3.8) is 0 Å².